The van der Waals surface area contributed by atoms with E-state index in [1.165, 1.54) is 12.8 Å². The smallest absolute Gasteiger partial charge is 0.254 e. The largest absolute Gasteiger partial charge is 0.353 e. The van der Waals surface area contributed by atoms with Crippen molar-refractivity contribution in [3.63, 3.8) is 0 Å². The predicted octanol–water partition coefficient (Wildman–Crippen LogP) is 5.27. The first-order valence-corrected chi connectivity index (χ1v) is 15.1. The molecule has 2 aliphatic heterocycles. The topological polar surface area (TPSA) is 60.0 Å². The first-order valence-electron chi connectivity index (χ1n) is 15.1. The lowest BCUT2D eigenvalue weighted by Crippen LogP contribution is -2.63. The number of fused-ring (bicyclic) bond motifs is 3. The van der Waals surface area contributed by atoms with Gasteiger partial charge in [0.05, 0.1) is 5.69 Å². The SMILES string of the molecule is Cc1ccc(CCN2Cc3cc(N=C(N[C@H]4C[C@@H]5C[C@@H]([C@H]4C)C5(C)C)N4CCN[C@@H](C)C4)ccc3C2=O)c(F)c1. The van der Waals surface area contributed by atoms with Gasteiger partial charge in [-0.1, -0.05) is 32.9 Å². The third kappa shape index (κ3) is 5.02. The van der Waals surface area contributed by atoms with E-state index in [1.807, 2.05) is 36.1 Å². The second-order valence-electron chi connectivity index (χ2n) is 13.4. The summed E-state index contributed by atoms with van der Waals surface area (Å²) in [4.78, 5) is 22.5. The molecule has 5 aliphatic rings. The Labute approximate surface area is 238 Å². The van der Waals surface area contributed by atoms with Crippen molar-refractivity contribution < 1.29 is 9.18 Å². The minimum atomic E-state index is -0.198. The van der Waals surface area contributed by atoms with E-state index in [0.717, 1.165) is 59.8 Å². The molecule has 1 amide bonds. The number of rotatable bonds is 5. The fourth-order valence-electron chi connectivity index (χ4n) is 7.68. The summed E-state index contributed by atoms with van der Waals surface area (Å²) in [5.41, 5.74) is 4.61. The molecule has 3 aliphatic carbocycles. The van der Waals surface area contributed by atoms with Gasteiger partial charge >= 0.3 is 0 Å². The van der Waals surface area contributed by atoms with E-state index < -0.39 is 0 Å². The van der Waals surface area contributed by atoms with Crippen molar-refractivity contribution in [3.8, 4) is 0 Å². The zero-order chi connectivity index (χ0) is 28.2. The highest BCUT2D eigenvalue weighted by atomic mass is 19.1. The second-order valence-corrected chi connectivity index (χ2v) is 13.4. The van der Waals surface area contributed by atoms with E-state index in [1.54, 1.807) is 6.07 Å². The molecule has 7 rings (SSSR count). The number of aliphatic imine (C=N–C) groups is 1. The number of halogens is 1. The number of benzene rings is 2. The third-order valence-electron chi connectivity index (χ3n) is 10.4. The summed E-state index contributed by atoms with van der Waals surface area (Å²) in [5, 5.41) is 7.46. The fraction of sp³-hybridized carbons (Fsp3) is 0.576. The highest BCUT2D eigenvalue weighted by molar-refractivity contribution is 5.99. The molecule has 214 valence electrons. The van der Waals surface area contributed by atoms with Gasteiger partial charge in [-0.25, -0.2) is 9.38 Å². The molecule has 2 aromatic carbocycles. The molecule has 5 atom stereocenters. The van der Waals surface area contributed by atoms with Crippen LogP contribution in [0, 0.1) is 35.9 Å². The molecule has 2 N–H and O–H groups in total. The number of amides is 1. The Morgan fingerprint density at radius 2 is 2.00 bits per heavy atom. The van der Waals surface area contributed by atoms with E-state index >= 15 is 0 Å². The van der Waals surface area contributed by atoms with Gasteiger partial charge in [-0.05, 0) is 97.2 Å². The molecule has 2 aromatic rings. The van der Waals surface area contributed by atoms with Crippen LogP contribution in [0.25, 0.3) is 0 Å². The Balaban J connectivity index is 1.20. The molecule has 3 saturated carbocycles. The number of hydrogen-bond acceptors (Lipinski definition) is 3. The zero-order valence-electron chi connectivity index (χ0n) is 24.6. The number of guanidine groups is 1. The fourth-order valence-corrected chi connectivity index (χ4v) is 7.68. The standard InChI is InChI=1S/C33H44FN5O/c1-20-6-7-23(29(34)14-20)10-12-38-19-24-15-26(8-9-27(24)31(38)40)36-32(39-13-11-35-21(2)18-39)37-30-17-25-16-28(22(30)3)33(25,4)5/h6-9,14-15,21-22,25,28,30,35H,10-13,16-19H2,1-5H3,(H,36,37)/t21-,22+,25-,28-,30-/m0/s1. The number of carbonyl (C=O) groups is 1. The van der Waals surface area contributed by atoms with Crippen LogP contribution >= 0.6 is 0 Å². The summed E-state index contributed by atoms with van der Waals surface area (Å²) in [5.74, 6) is 2.92. The molecule has 6 nitrogen and oxygen atoms in total. The summed E-state index contributed by atoms with van der Waals surface area (Å²) in [6, 6.07) is 12.1. The number of nitrogens with one attached hydrogen (secondary N) is 2. The van der Waals surface area contributed by atoms with E-state index in [4.69, 9.17) is 4.99 Å². The number of hydrogen-bond donors (Lipinski definition) is 2. The van der Waals surface area contributed by atoms with Crippen LogP contribution in [-0.2, 0) is 13.0 Å². The highest BCUT2D eigenvalue weighted by Crippen LogP contribution is 2.61. The molecular weight excluding hydrogens is 501 g/mol. The minimum absolute atomic E-state index is 0.0187. The van der Waals surface area contributed by atoms with Crippen molar-refractivity contribution in [2.45, 2.75) is 72.5 Å². The maximum atomic E-state index is 14.4. The van der Waals surface area contributed by atoms with Gasteiger partial charge in [-0.2, -0.15) is 0 Å². The molecule has 2 heterocycles. The summed E-state index contributed by atoms with van der Waals surface area (Å²) >= 11 is 0. The van der Waals surface area contributed by atoms with Crippen LogP contribution in [-0.4, -0.2) is 59.9 Å². The normalized spacial score (nSPS) is 29.3. The van der Waals surface area contributed by atoms with Crippen molar-refractivity contribution in [1.82, 2.24) is 20.4 Å². The first-order chi connectivity index (χ1) is 19.1. The van der Waals surface area contributed by atoms with Crippen LogP contribution in [0.1, 0.15) is 67.6 Å². The van der Waals surface area contributed by atoms with E-state index in [0.29, 0.717) is 48.5 Å². The highest BCUT2D eigenvalue weighted by Gasteiger charge is 2.56. The molecule has 0 radical (unpaired) electrons. The molecule has 2 bridgehead atoms. The lowest BCUT2D eigenvalue weighted by molar-refractivity contribution is -0.112. The Kier molecular flexibility index (Phi) is 7.14. The number of nitrogens with zero attached hydrogens (tertiary/aromatic N) is 3. The van der Waals surface area contributed by atoms with Crippen LogP contribution in [0.2, 0.25) is 0 Å². The quantitative estimate of drug-likeness (QED) is 0.397. The van der Waals surface area contributed by atoms with Gasteiger partial charge < -0.3 is 20.4 Å². The van der Waals surface area contributed by atoms with Gasteiger partial charge in [0, 0.05) is 50.4 Å². The molecule has 1 saturated heterocycles. The average Bonchev–Trinajstić information content (AvgIpc) is 3.23. The maximum absolute atomic E-state index is 14.4. The van der Waals surface area contributed by atoms with Gasteiger partial charge in [0.25, 0.3) is 5.91 Å². The van der Waals surface area contributed by atoms with Crippen LogP contribution in [0.5, 0.6) is 0 Å². The van der Waals surface area contributed by atoms with Crippen LogP contribution in [0.4, 0.5) is 10.1 Å². The number of aryl methyl sites for hydroxylation is 1. The minimum Gasteiger partial charge on any atom is -0.353 e. The molecule has 7 heteroatoms. The summed E-state index contributed by atoms with van der Waals surface area (Å²) in [6.07, 6.45) is 3.06. The molecule has 0 aromatic heterocycles. The van der Waals surface area contributed by atoms with Crippen molar-refractivity contribution in [1.29, 1.82) is 0 Å². The monoisotopic (exact) mass is 545 g/mol. The lowest BCUT2D eigenvalue weighted by atomic mass is 9.45. The van der Waals surface area contributed by atoms with E-state index in [9.17, 15) is 9.18 Å². The van der Waals surface area contributed by atoms with Gasteiger partial charge in [0.2, 0.25) is 0 Å². The van der Waals surface area contributed by atoms with E-state index in [-0.39, 0.29) is 11.7 Å². The van der Waals surface area contributed by atoms with Gasteiger partial charge in [0.15, 0.2) is 5.96 Å². The second kappa shape index (κ2) is 10.5. The molecule has 0 unspecified atom stereocenters. The van der Waals surface area contributed by atoms with E-state index in [2.05, 4.69) is 49.3 Å². The molecule has 0 spiro atoms. The Bertz CT molecular complexity index is 1320. The van der Waals surface area contributed by atoms with Crippen molar-refractivity contribution >= 4 is 17.6 Å². The molecule has 4 fully saturated rings. The molecular formula is C33H44FN5O. The number of piperazine rings is 1. The Morgan fingerprint density at radius 3 is 2.73 bits per heavy atom. The van der Waals surface area contributed by atoms with Crippen molar-refractivity contribution in [2.24, 2.45) is 28.2 Å². The zero-order valence-corrected chi connectivity index (χ0v) is 24.6. The third-order valence-corrected chi connectivity index (χ3v) is 10.4. The Morgan fingerprint density at radius 1 is 1.18 bits per heavy atom. The first kappa shape index (κ1) is 27.3. The summed E-state index contributed by atoms with van der Waals surface area (Å²) in [6.45, 7) is 15.2. The maximum Gasteiger partial charge on any atom is 0.254 e. The van der Waals surface area contributed by atoms with Gasteiger partial charge in [-0.3, -0.25) is 4.79 Å². The van der Waals surface area contributed by atoms with Crippen molar-refractivity contribution in [2.75, 3.05) is 26.2 Å². The van der Waals surface area contributed by atoms with Gasteiger partial charge in [-0.15, -0.1) is 0 Å². The number of carbonyl (C=O) groups excluding carboxylic acids is 1. The van der Waals surface area contributed by atoms with Crippen LogP contribution in [0.3, 0.4) is 0 Å². The van der Waals surface area contributed by atoms with Crippen LogP contribution < -0.4 is 10.6 Å². The summed E-state index contributed by atoms with van der Waals surface area (Å²) in [7, 11) is 0. The summed E-state index contributed by atoms with van der Waals surface area (Å²) < 4.78 is 14.4. The predicted molar refractivity (Wildman–Crippen MR) is 158 cm³/mol. The Hall–Kier alpha value is -2.93. The molecule has 40 heavy (non-hydrogen) atoms. The van der Waals surface area contributed by atoms with Gasteiger partial charge in [0.1, 0.15) is 5.82 Å². The van der Waals surface area contributed by atoms with Crippen molar-refractivity contribution in [3.05, 3.63) is 64.5 Å². The van der Waals surface area contributed by atoms with Crippen LogP contribution in [0.15, 0.2) is 41.4 Å². The lowest BCUT2D eigenvalue weighted by Gasteiger charge is -2.62. The average molecular weight is 546 g/mol.